The zero-order valence-corrected chi connectivity index (χ0v) is 13.1. The Hall–Kier alpha value is -1.28. The smallest absolute Gasteiger partial charge is 0.270 e. The predicted octanol–water partition coefficient (Wildman–Crippen LogP) is 1.70. The Kier molecular flexibility index (Phi) is 5.24. The van der Waals surface area contributed by atoms with E-state index >= 15 is 0 Å². The van der Waals surface area contributed by atoms with Crippen LogP contribution in [0.4, 0.5) is 0 Å². The summed E-state index contributed by atoms with van der Waals surface area (Å²) in [6.07, 6.45) is 0. The number of likely N-dealkylation sites (N-methyl/N-ethyl adjacent to an activating group) is 1. The second-order valence-corrected chi connectivity index (χ2v) is 6.46. The number of nitrogens with zero attached hydrogens (tertiary/aromatic N) is 2. The van der Waals surface area contributed by atoms with Gasteiger partial charge in [-0.15, -0.1) is 22.7 Å². The van der Waals surface area contributed by atoms with Gasteiger partial charge >= 0.3 is 0 Å². The Bertz CT molecular complexity index is 550. The fourth-order valence-electron chi connectivity index (χ4n) is 1.81. The lowest BCUT2D eigenvalue weighted by Crippen LogP contribution is -2.34. The molecule has 0 fully saturated rings. The minimum Gasteiger partial charge on any atom is -0.349 e. The normalized spacial score (nSPS) is 12.6. The molecule has 108 valence electrons. The molecule has 2 rings (SSSR count). The number of hydrogen-bond donors (Lipinski definition) is 2. The topological polar surface area (TPSA) is 71.2 Å². The minimum atomic E-state index is -0.149. The van der Waals surface area contributed by atoms with Crippen LogP contribution in [0.1, 0.15) is 26.4 Å². The van der Waals surface area contributed by atoms with E-state index in [0.717, 1.165) is 5.01 Å². The minimum absolute atomic E-state index is 0.149. The highest BCUT2D eigenvalue weighted by Gasteiger charge is 2.17. The third-order valence-electron chi connectivity index (χ3n) is 2.91. The van der Waals surface area contributed by atoms with E-state index in [1.54, 1.807) is 16.7 Å². The Morgan fingerprint density at radius 3 is 2.85 bits per heavy atom. The van der Waals surface area contributed by atoms with Gasteiger partial charge in [0.25, 0.3) is 5.91 Å². The van der Waals surface area contributed by atoms with E-state index in [0.29, 0.717) is 18.8 Å². The molecule has 0 aliphatic heterocycles. The number of carbonyl (C=O) groups is 1. The molecule has 1 amide bonds. The number of nitrogens with two attached hydrogens (primary N) is 1. The molecule has 0 saturated carbocycles. The van der Waals surface area contributed by atoms with E-state index in [2.05, 4.69) is 21.3 Å². The van der Waals surface area contributed by atoms with Gasteiger partial charge in [-0.2, -0.15) is 0 Å². The molecule has 0 spiro atoms. The molecular formula is C13H18N4OS2. The standard InChI is InChI=1S/C13H18N4OS2/c1-17(2)10(11-4-3-5-19-11)7-15-13(18)9-8-20-12(6-14)16-9/h3-5,8,10H,6-7,14H2,1-2H3,(H,15,18). The molecule has 2 aromatic heterocycles. The number of amides is 1. The van der Waals surface area contributed by atoms with Gasteiger partial charge < -0.3 is 16.0 Å². The number of aromatic nitrogens is 1. The fourth-order valence-corrected chi connectivity index (χ4v) is 3.38. The summed E-state index contributed by atoms with van der Waals surface area (Å²) in [7, 11) is 4.01. The van der Waals surface area contributed by atoms with Gasteiger partial charge in [0, 0.05) is 23.3 Å². The number of rotatable bonds is 6. The Morgan fingerprint density at radius 2 is 2.30 bits per heavy atom. The second-order valence-electron chi connectivity index (χ2n) is 4.54. The summed E-state index contributed by atoms with van der Waals surface area (Å²) in [6.45, 7) is 0.926. The third kappa shape index (κ3) is 3.63. The van der Waals surface area contributed by atoms with Crippen molar-refractivity contribution < 1.29 is 4.79 Å². The Labute approximate surface area is 126 Å². The van der Waals surface area contributed by atoms with Crippen LogP contribution < -0.4 is 11.1 Å². The van der Waals surface area contributed by atoms with Crippen molar-refractivity contribution in [3.8, 4) is 0 Å². The summed E-state index contributed by atoms with van der Waals surface area (Å²) in [6, 6.07) is 4.27. The summed E-state index contributed by atoms with van der Waals surface area (Å²) in [5, 5.41) is 7.50. The van der Waals surface area contributed by atoms with Crippen molar-refractivity contribution in [1.82, 2.24) is 15.2 Å². The van der Waals surface area contributed by atoms with Crippen molar-refractivity contribution in [3.05, 3.63) is 38.5 Å². The number of thiophene rings is 1. The lowest BCUT2D eigenvalue weighted by Gasteiger charge is -2.23. The molecule has 7 heteroatoms. The maximum Gasteiger partial charge on any atom is 0.270 e. The summed E-state index contributed by atoms with van der Waals surface area (Å²) in [5.74, 6) is -0.149. The summed E-state index contributed by atoms with van der Waals surface area (Å²) < 4.78 is 0. The third-order valence-corrected chi connectivity index (χ3v) is 4.75. The molecule has 1 unspecified atom stereocenters. The molecule has 1 atom stereocenters. The fraction of sp³-hybridized carbons (Fsp3) is 0.385. The maximum atomic E-state index is 12.0. The van der Waals surface area contributed by atoms with Crippen LogP contribution in [0.2, 0.25) is 0 Å². The van der Waals surface area contributed by atoms with Crippen LogP contribution in [0.5, 0.6) is 0 Å². The van der Waals surface area contributed by atoms with Crippen molar-refractivity contribution >= 4 is 28.6 Å². The maximum absolute atomic E-state index is 12.0. The highest BCUT2D eigenvalue weighted by Crippen LogP contribution is 2.22. The van der Waals surface area contributed by atoms with Crippen molar-refractivity contribution in [2.75, 3.05) is 20.6 Å². The van der Waals surface area contributed by atoms with Crippen LogP contribution in [-0.4, -0.2) is 36.4 Å². The first-order valence-corrected chi connectivity index (χ1v) is 8.00. The van der Waals surface area contributed by atoms with Crippen molar-refractivity contribution in [2.45, 2.75) is 12.6 Å². The van der Waals surface area contributed by atoms with Gasteiger partial charge in [-0.25, -0.2) is 4.98 Å². The first-order chi connectivity index (χ1) is 9.61. The van der Waals surface area contributed by atoms with Crippen LogP contribution in [0.25, 0.3) is 0 Å². The SMILES string of the molecule is CN(C)C(CNC(=O)c1csc(CN)n1)c1cccs1. The van der Waals surface area contributed by atoms with Gasteiger partial charge in [0.15, 0.2) is 0 Å². The van der Waals surface area contributed by atoms with Crippen molar-refractivity contribution in [3.63, 3.8) is 0 Å². The first-order valence-electron chi connectivity index (χ1n) is 6.24. The van der Waals surface area contributed by atoms with Gasteiger partial charge in [-0.1, -0.05) is 6.07 Å². The van der Waals surface area contributed by atoms with Gasteiger partial charge in [0.1, 0.15) is 10.7 Å². The molecule has 2 aromatic rings. The number of nitrogens with one attached hydrogen (secondary N) is 1. The zero-order chi connectivity index (χ0) is 14.5. The Morgan fingerprint density at radius 1 is 1.50 bits per heavy atom. The van der Waals surface area contributed by atoms with E-state index in [-0.39, 0.29) is 11.9 Å². The molecule has 0 aromatic carbocycles. The summed E-state index contributed by atoms with van der Waals surface area (Å²) in [4.78, 5) is 19.6. The quantitative estimate of drug-likeness (QED) is 0.852. The predicted molar refractivity (Wildman–Crippen MR) is 83.1 cm³/mol. The second kappa shape index (κ2) is 6.94. The molecular weight excluding hydrogens is 292 g/mol. The lowest BCUT2D eigenvalue weighted by molar-refractivity contribution is 0.0938. The highest BCUT2D eigenvalue weighted by molar-refractivity contribution is 7.10. The molecule has 0 radical (unpaired) electrons. The molecule has 0 saturated heterocycles. The number of hydrogen-bond acceptors (Lipinski definition) is 6. The van der Waals surface area contributed by atoms with Crippen LogP contribution in [0.15, 0.2) is 22.9 Å². The summed E-state index contributed by atoms with van der Waals surface area (Å²) in [5.41, 5.74) is 5.94. The zero-order valence-electron chi connectivity index (χ0n) is 11.5. The molecule has 0 bridgehead atoms. The Balaban J connectivity index is 1.97. The largest absolute Gasteiger partial charge is 0.349 e. The van der Waals surface area contributed by atoms with E-state index < -0.39 is 0 Å². The molecule has 5 nitrogen and oxygen atoms in total. The van der Waals surface area contributed by atoms with E-state index in [1.165, 1.54) is 16.2 Å². The lowest BCUT2D eigenvalue weighted by atomic mass is 10.2. The van der Waals surface area contributed by atoms with Crippen molar-refractivity contribution in [2.24, 2.45) is 5.73 Å². The monoisotopic (exact) mass is 310 g/mol. The summed E-state index contributed by atoms with van der Waals surface area (Å²) >= 11 is 3.10. The van der Waals surface area contributed by atoms with Gasteiger partial charge in [0.2, 0.25) is 0 Å². The van der Waals surface area contributed by atoms with E-state index in [1.807, 2.05) is 25.5 Å². The van der Waals surface area contributed by atoms with E-state index in [4.69, 9.17) is 5.73 Å². The van der Waals surface area contributed by atoms with E-state index in [9.17, 15) is 4.79 Å². The molecule has 3 N–H and O–H groups in total. The first kappa shape index (κ1) is 15.1. The molecule has 20 heavy (non-hydrogen) atoms. The van der Waals surface area contributed by atoms with Crippen LogP contribution >= 0.6 is 22.7 Å². The molecule has 0 aliphatic carbocycles. The van der Waals surface area contributed by atoms with Gasteiger partial charge in [-0.3, -0.25) is 4.79 Å². The van der Waals surface area contributed by atoms with Crippen LogP contribution in [0.3, 0.4) is 0 Å². The van der Waals surface area contributed by atoms with Crippen molar-refractivity contribution in [1.29, 1.82) is 0 Å². The number of carbonyl (C=O) groups excluding carboxylic acids is 1. The highest BCUT2D eigenvalue weighted by atomic mass is 32.1. The molecule has 0 aliphatic rings. The molecule has 2 heterocycles. The van der Waals surface area contributed by atoms with Gasteiger partial charge in [-0.05, 0) is 25.5 Å². The average Bonchev–Trinajstić information content (AvgIpc) is 3.09. The number of thiazole rings is 1. The van der Waals surface area contributed by atoms with Gasteiger partial charge in [0.05, 0.1) is 6.04 Å². The van der Waals surface area contributed by atoms with Crippen LogP contribution in [0, 0.1) is 0 Å². The average molecular weight is 310 g/mol. The van der Waals surface area contributed by atoms with Crippen LogP contribution in [-0.2, 0) is 6.54 Å².